The molecule has 220 valence electrons. The van der Waals surface area contributed by atoms with Crippen molar-refractivity contribution in [3.05, 3.63) is 126 Å². The number of carbonyl (C=O) groups is 2. The highest BCUT2D eigenvalue weighted by molar-refractivity contribution is 5.94. The van der Waals surface area contributed by atoms with Crippen molar-refractivity contribution in [1.29, 1.82) is 0 Å². The third-order valence-electron chi connectivity index (χ3n) is 8.39. The van der Waals surface area contributed by atoms with Crippen molar-refractivity contribution in [3.63, 3.8) is 0 Å². The monoisotopic (exact) mass is 582 g/mol. The lowest BCUT2D eigenvalue weighted by Gasteiger charge is -2.11. The van der Waals surface area contributed by atoms with E-state index in [9.17, 15) is 9.59 Å². The Labute approximate surface area is 255 Å². The number of nitrogens with one attached hydrogen (secondary N) is 5. The number of rotatable bonds is 8. The molecular weight excluding hydrogens is 548 g/mol. The Bertz CT molecular complexity index is 1990. The summed E-state index contributed by atoms with van der Waals surface area (Å²) in [4.78, 5) is 28.5. The molecule has 1 unspecified atom stereocenters. The Morgan fingerprint density at radius 2 is 1.66 bits per heavy atom. The van der Waals surface area contributed by atoms with Gasteiger partial charge in [0.1, 0.15) is 0 Å². The minimum absolute atomic E-state index is 0.0843. The molecule has 5 N–H and O–H groups in total. The first-order valence-electron chi connectivity index (χ1n) is 15.0. The summed E-state index contributed by atoms with van der Waals surface area (Å²) in [6.07, 6.45) is 5.61. The number of H-pyrrole nitrogens is 1. The van der Waals surface area contributed by atoms with Crippen LogP contribution in [0.2, 0.25) is 0 Å². The van der Waals surface area contributed by atoms with Gasteiger partial charge in [-0.15, -0.1) is 0 Å². The fourth-order valence-electron chi connectivity index (χ4n) is 5.90. The van der Waals surface area contributed by atoms with Crippen LogP contribution in [0.25, 0.3) is 27.5 Å². The number of aromatic amines is 1. The van der Waals surface area contributed by atoms with E-state index in [0.717, 1.165) is 51.7 Å². The molecule has 4 aromatic carbocycles. The van der Waals surface area contributed by atoms with Crippen LogP contribution >= 0.6 is 0 Å². The summed E-state index contributed by atoms with van der Waals surface area (Å²) in [7, 11) is 0. The van der Waals surface area contributed by atoms with Crippen molar-refractivity contribution in [2.45, 2.75) is 31.7 Å². The molecule has 0 bridgehead atoms. The molecule has 1 aliphatic carbocycles. The van der Waals surface area contributed by atoms with E-state index in [1.807, 2.05) is 67.0 Å². The molecule has 1 aliphatic rings. The van der Waals surface area contributed by atoms with Crippen molar-refractivity contribution >= 4 is 45.2 Å². The Morgan fingerprint density at radius 3 is 2.55 bits per heavy atom. The molecule has 2 atom stereocenters. The first-order valence-corrected chi connectivity index (χ1v) is 15.0. The second-order valence-electron chi connectivity index (χ2n) is 11.4. The molecule has 2 aromatic heterocycles. The van der Waals surface area contributed by atoms with Gasteiger partial charge in [-0.25, -0.2) is 9.59 Å². The van der Waals surface area contributed by atoms with Crippen LogP contribution in [0.1, 0.15) is 29.0 Å². The molecule has 4 amide bonds. The fourth-order valence-corrected chi connectivity index (χ4v) is 5.90. The molecule has 0 aliphatic heterocycles. The number of hydrogen-bond acceptors (Lipinski definition) is 2. The Hall–Kier alpha value is -5.50. The number of hydrogen-bond donors (Lipinski definition) is 5. The highest BCUT2D eigenvalue weighted by Crippen LogP contribution is 2.41. The van der Waals surface area contributed by atoms with E-state index < -0.39 is 0 Å². The van der Waals surface area contributed by atoms with Gasteiger partial charge in [-0.2, -0.15) is 0 Å². The largest absolute Gasteiger partial charge is 0.361 e. The van der Waals surface area contributed by atoms with Crippen molar-refractivity contribution in [3.8, 4) is 5.69 Å². The number of amides is 4. The summed E-state index contributed by atoms with van der Waals surface area (Å²) in [5.41, 5.74) is 8.16. The van der Waals surface area contributed by atoms with Gasteiger partial charge in [0, 0.05) is 58.9 Å². The van der Waals surface area contributed by atoms with Crippen molar-refractivity contribution < 1.29 is 9.59 Å². The normalized spacial score (nSPS) is 15.7. The summed E-state index contributed by atoms with van der Waals surface area (Å²) in [5, 5.41) is 14.2. The van der Waals surface area contributed by atoms with Gasteiger partial charge in [0.25, 0.3) is 0 Å². The van der Waals surface area contributed by atoms with Gasteiger partial charge in [-0.1, -0.05) is 48.5 Å². The average Bonchev–Trinajstić information content (AvgIpc) is 3.40. The minimum atomic E-state index is -0.223. The summed E-state index contributed by atoms with van der Waals surface area (Å²) in [6, 6.07) is 32.2. The zero-order valence-electron chi connectivity index (χ0n) is 24.4. The highest BCUT2D eigenvalue weighted by atomic mass is 16.2. The molecule has 0 spiro atoms. The maximum atomic E-state index is 12.7. The Morgan fingerprint density at radius 1 is 0.841 bits per heavy atom. The SMILES string of the molecule is Cc1ccccc1CCNC(=O)Nc1ccc2ccn(-c3cccc([C@@H]4CC4NC(=O)Nc4ccc5cc[nH]c5c4)c3)c2c1. The predicted octanol–water partition coefficient (Wildman–Crippen LogP) is 7.46. The molecule has 44 heavy (non-hydrogen) atoms. The molecule has 7 rings (SSSR count). The van der Waals surface area contributed by atoms with Crippen LogP contribution in [-0.2, 0) is 6.42 Å². The van der Waals surface area contributed by atoms with Gasteiger partial charge in [0.15, 0.2) is 0 Å². The van der Waals surface area contributed by atoms with Crippen molar-refractivity contribution in [2.75, 3.05) is 17.2 Å². The Balaban J connectivity index is 0.982. The van der Waals surface area contributed by atoms with E-state index >= 15 is 0 Å². The standard InChI is InChI=1S/C36H34N6O2/c1-23-5-2-3-6-24(23)13-17-38-35(43)39-29-12-10-26-15-18-42(34(26)21-29)30-8-4-7-27(19-30)31-22-33(31)41-36(44)40-28-11-9-25-14-16-37-32(25)20-28/h2-12,14-16,18-21,31,33,37H,13,17,22H2,1H3,(H2,38,39,43)(H2,40,41,44)/t31-,33?/m0/s1. The number of aromatic nitrogens is 2. The predicted molar refractivity (Wildman–Crippen MR) is 177 cm³/mol. The van der Waals surface area contributed by atoms with E-state index in [0.29, 0.717) is 6.54 Å². The average molecular weight is 583 g/mol. The quantitative estimate of drug-likeness (QED) is 0.129. The molecule has 0 saturated heterocycles. The lowest BCUT2D eigenvalue weighted by atomic mass is 10.1. The summed E-state index contributed by atoms with van der Waals surface area (Å²) < 4.78 is 2.13. The first-order chi connectivity index (χ1) is 21.5. The molecule has 6 aromatic rings. The van der Waals surface area contributed by atoms with Crippen LogP contribution in [0.15, 0.2) is 109 Å². The number of urea groups is 2. The number of fused-ring (bicyclic) bond motifs is 2. The van der Waals surface area contributed by atoms with Gasteiger partial charge in [0.05, 0.1) is 5.52 Å². The molecule has 1 saturated carbocycles. The number of nitrogens with zero attached hydrogens (tertiary/aromatic N) is 1. The van der Waals surface area contributed by atoms with E-state index in [4.69, 9.17) is 0 Å². The van der Waals surface area contributed by atoms with Crippen LogP contribution in [0.4, 0.5) is 21.0 Å². The molecule has 8 heteroatoms. The van der Waals surface area contributed by atoms with E-state index in [1.54, 1.807) is 0 Å². The zero-order chi connectivity index (χ0) is 30.0. The van der Waals surface area contributed by atoms with Crippen LogP contribution in [0.5, 0.6) is 0 Å². The summed E-state index contributed by atoms with van der Waals surface area (Å²) >= 11 is 0. The lowest BCUT2D eigenvalue weighted by Crippen LogP contribution is -2.31. The second kappa shape index (κ2) is 11.6. The van der Waals surface area contributed by atoms with Crippen molar-refractivity contribution in [2.24, 2.45) is 0 Å². The molecule has 1 fully saturated rings. The van der Waals surface area contributed by atoms with Gasteiger partial charge in [-0.3, -0.25) is 0 Å². The van der Waals surface area contributed by atoms with E-state index in [-0.39, 0.29) is 24.0 Å². The number of anilines is 2. The van der Waals surface area contributed by atoms with Gasteiger partial charge in [0.2, 0.25) is 0 Å². The van der Waals surface area contributed by atoms with Gasteiger partial charge >= 0.3 is 12.1 Å². The minimum Gasteiger partial charge on any atom is -0.361 e. The number of aryl methyl sites for hydroxylation is 1. The summed E-state index contributed by atoms with van der Waals surface area (Å²) in [6.45, 7) is 2.64. The van der Waals surface area contributed by atoms with Crippen LogP contribution in [-0.4, -0.2) is 34.2 Å². The smallest absolute Gasteiger partial charge is 0.319 e. The maximum absolute atomic E-state index is 12.7. The molecule has 8 nitrogen and oxygen atoms in total. The molecule has 0 radical (unpaired) electrons. The van der Waals surface area contributed by atoms with Crippen LogP contribution in [0, 0.1) is 6.92 Å². The Kier molecular flexibility index (Phi) is 7.24. The third-order valence-corrected chi connectivity index (χ3v) is 8.39. The lowest BCUT2D eigenvalue weighted by molar-refractivity contribution is 0.251. The topological polar surface area (TPSA) is 103 Å². The van der Waals surface area contributed by atoms with Gasteiger partial charge in [-0.05, 0) is 90.4 Å². The zero-order valence-corrected chi connectivity index (χ0v) is 24.4. The number of benzene rings is 4. The van der Waals surface area contributed by atoms with E-state index in [1.165, 1.54) is 16.7 Å². The fraction of sp³-hybridized carbons (Fsp3) is 0.167. The maximum Gasteiger partial charge on any atom is 0.319 e. The second-order valence-corrected chi connectivity index (χ2v) is 11.4. The van der Waals surface area contributed by atoms with Crippen LogP contribution in [0.3, 0.4) is 0 Å². The summed E-state index contributed by atoms with van der Waals surface area (Å²) in [5.74, 6) is 0.258. The van der Waals surface area contributed by atoms with Gasteiger partial charge < -0.3 is 30.8 Å². The van der Waals surface area contributed by atoms with E-state index in [2.05, 4.69) is 80.2 Å². The van der Waals surface area contributed by atoms with Crippen LogP contribution < -0.4 is 21.3 Å². The first kappa shape index (κ1) is 27.3. The third kappa shape index (κ3) is 5.87. The molecular formula is C36H34N6O2. The highest BCUT2D eigenvalue weighted by Gasteiger charge is 2.39. The number of carbonyl (C=O) groups excluding carboxylic acids is 2. The molecule has 2 heterocycles. The van der Waals surface area contributed by atoms with Crippen molar-refractivity contribution in [1.82, 2.24) is 20.2 Å².